The van der Waals surface area contributed by atoms with Gasteiger partial charge in [0.15, 0.2) is 11.5 Å². The average Bonchev–Trinajstić information content (AvgIpc) is 2.65. The maximum Gasteiger partial charge on any atom is 0.166 e. The minimum Gasteiger partial charge on any atom is -0.490 e. The number of hydrogen-bond donors (Lipinski definition) is 1. The van der Waals surface area contributed by atoms with Crippen molar-refractivity contribution < 1.29 is 9.47 Å². The van der Waals surface area contributed by atoms with Crippen molar-refractivity contribution in [2.24, 2.45) is 0 Å². The lowest BCUT2D eigenvalue weighted by atomic mass is 10.1. The van der Waals surface area contributed by atoms with E-state index in [2.05, 4.69) is 18.3 Å². The summed E-state index contributed by atoms with van der Waals surface area (Å²) in [6.07, 6.45) is 5.05. The van der Waals surface area contributed by atoms with Gasteiger partial charge in [-0.05, 0) is 43.7 Å². The molecule has 2 rings (SSSR count). The molecule has 1 N–H and O–H groups in total. The number of para-hydroxylation sites is 1. The Morgan fingerprint density at radius 2 is 1.70 bits per heavy atom. The molecule has 0 fully saturated rings. The highest BCUT2D eigenvalue weighted by Crippen LogP contribution is 2.32. The Bertz CT molecular complexity index is 647. The summed E-state index contributed by atoms with van der Waals surface area (Å²) in [6, 6.07) is 13.8. The summed E-state index contributed by atoms with van der Waals surface area (Å²) in [4.78, 5) is 0. The van der Waals surface area contributed by atoms with Crippen molar-refractivity contribution in [3.8, 4) is 11.5 Å². The van der Waals surface area contributed by atoms with Crippen LogP contribution in [0, 0.1) is 0 Å². The van der Waals surface area contributed by atoms with Crippen molar-refractivity contribution in [1.82, 2.24) is 5.32 Å². The van der Waals surface area contributed by atoms with E-state index < -0.39 is 0 Å². The third kappa shape index (κ3) is 8.42. The molecule has 2 aromatic carbocycles. The lowest BCUT2D eigenvalue weighted by molar-refractivity contribution is 0.266. The number of ether oxygens (including phenoxy) is 2. The van der Waals surface area contributed by atoms with E-state index in [1.807, 2.05) is 43.3 Å². The molecule has 0 spiro atoms. The molecule has 2 aromatic rings. The molecule has 0 atom stereocenters. The van der Waals surface area contributed by atoms with Gasteiger partial charge in [0.05, 0.1) is 6.61 Å². The van der Waals surface area contributed by atoms with Gasteiger partial charge in [0, 0.05) is 17.1 Å². The summed E-state index contributed by atoms with van der Waals surface area (Å²) in [5.74, 6) is 1.62. The van der Waals surface area contributed by atoms with Crippen molar-refractivity contribution in [3.05, 3.63) is 58.6 Å². The number of halogens is 2. The van der Waals surface area contributed by atoms with Gasteiger partial charge in [0.2, 0.25) is 0 Å². The first-order valence-corrected chi connectivity index (χ1v) is 9.95. The van der Waals surface area contributed by atoms with Crippen LogP contribution in [0.3, 0.4) is 0 Å². The van der Waals surface area contributed by atoms with E-state index in [0.717, 1.165) is 40.7 Å². The maximum absolute atomic E-state index is 6.13. The molecule has 0 aliphatic rings. The Morgan fingerprint density at radius 3 is 2.41 bits per heavy atom. The van der Waals surface area contributed by atoms with Crippen LogP contribution in [0.4, 0.5) is 0 Å². The van der Waals surface area contributed by atoms with E-state index in [1.165, 1.54) is 25.7 Å². The molecule has 0 amide bonds. The van der Waals surface area contributed by atoms with Gasteiger partial charge in [-0.25, -0.2) is 0 Å². The van der Waals surface area contributed by atoms with Crippen LogP contribution in [-0.2, 0) is 13.2 Å². The summed E-state index contributed by atoms with van der Waals surface area (Å²) < 4.78 is 11.9. The molecule has 3 nitrogen and oxygen atoms in total. The van der Waals surface area contributed by atoms with Gasteiger partial charge in [-0.2, -0.15) is 0 Å². The fraction of sp³-hybridized carbons (Fsp3) is 0.455. The highest BCUT2D eigenvalue weighted by molar-refractivity contribution is 6.30. The first-order valence-electron chi connectivity index (χ1n) is 9.57. The van der Waals surface area contributed by atoms with E-state index in [9.17, 15) is 0 Å². The number of nitrogens with one attached hydrogen (secondary N) is 1. The second-order valence-corrected chi connectivity index (χ2v) is 6.77. The van der Waals surface area contributed by atoms with Gasteiger partial charge >= 0.3 is 0 Å². The first kappa shape index (κ1) is 23.6. The lowest BCUT2D eigenvalue weighted by Crippen LogP contribution is -2.16. The fourth-order valence-corrected chi connectivity index (χ4v) is 2.90. The molecule has 0 aromatic heterocycles. The molecule has 0 radical (unpaired) electrons. The zero-order chi connectivity index (χ0) is 18.6. The topological polar surface area (TPSA) is 30.5 Å². The van der Waals surface area contributed by atoms with Gasteiger partial charge in [-0.1, -0.05) is 62.1 Å². The number of hydrogen-bond acceptors (Lipinski definition) is 3. The smallest absolute Gasteiger partial charge is 0.166 e. The monoisotopic (exact) mass is 411 g/mol. The van der Waals surface area contributed by atoms with Crippen LogP contribution in [0.15, 0.2) is 42.5 Å². The van der Waals surface area contributed by atoms with Crippen LogP contribution in [-0.4, -0.2) is 13.2 Å². The largest absolute Gasteiger partial charge is 0.490 e. The molecular weight excluding hydrogens is 381 g/mol. The second-order valence-electron chi connectivity index (χ2n) is 6.33. The van der Waals surface area contributed by atoms with Gasteiger partial charge < -0.3 is 14.8 Å². The normalized spacial score (nSPS) is 10.3. The molecule has 0 aliphatic heterocycles. The molecule has 0 bridgehead atoms. The van der Waals surface area contributed by atoms with Gasteiger partial charge in [0.1, 0.15) is 6.61 Å². The van der Waals surface area contributed by atoms with Crippen LogP contribution in [0.1, 0.15) is 50.7 Å². The van der Waals surface area contributed by atoms with Crippen LogP contribution >= 0.6 is 24.0 Å². The van der Waals surface area contributed by atoms with E-state index >= 15 is 0 Å². The van der Waals surface area contributed by atoms with Crippen LogP contribution in [0.25, 0.3) is 0 Å². The second kappa shape index (κ2) is 13.7. The molecule has 0 aliphatic carbocycles. The van der Waals surface area contributed by atoms with E-state index in [1.54, 1.807) is 0 Å². The molecule has 5 heteroatoms. The summed E-state index contributed by atoms with van der Waals surface area (Å²) in [6.45, 7) is 7.13. The SMILES string of the molecule is CCCCCCNCc1cccc(OCC)c1OCc1ccc(Cl)cc1.Cl. The predicted octanol–water partition coefficient (Wildman–Crippen LogP) is 6.41. The Hall–Kier alpha value is -1.42. The van der Waals surface area contributed by atoms with E-state index in [0.29, 0.717) is 13.2 Å². The Morgan fingerprint density at radius 1 is 0.926 bits per heavy atom. The minimum atomic E-state index is 0. The van der Waals surface area contributed by atoms with Crippen molar-refractivity contribution in [1.29, 1.82) is 0 Å². The summed E-state index contributed by atoms with van der Waals surface area (Å²) in [5.41, 5.74) is 2.21. The molecular formula is C22H31Cl2NO2. The third-order valence-corrected chi connectivity index (χ3v) is 4.43. The van der Waals surface area contributed by atoms with Crippen molar-refractivity contribution >= 4 is 24.0 Å². The standard InChI is InChI=1S/C22H30ClNO2.ClH/c1-3-5-6-7-15-24-16-19-9-8-10-21(25-4-2)22(19)26-17-18-11-13-20(23)14-12-18;/h8-14,24H,3-7,15-17H2,1-2H3;1H. The molecule has 27 heavy (non-hydrogen) atoms. The van der Waals surface area contributed by atoms with Crippen LogP contribution in [0.5, 0.6) is 11.5 Å². The maximum atomic E-state index is 6.13. The van der Waals surface area contributed by atoms with Crippen molar-refractivity contribution in [2.75, 3.05) is 13.2 Å². The molecule has 0 heterocycles. The average molecular weight is 412 g/mol. The molecule has 0 unspecified atom stereocenters. The quantitative estimate of drug-likeness (QED) is 0.409. The fourth-order valence-electron chi connectivity index (χ4n) is 2.77. The molecule has 0 saturated heterocycles. The number of unbranched alkanes of at least 4 members (excludes halogenated alkanes) is 3. The summed E-state index contributed by atoms with van der Waals surface area (Å²) in [7, 11) is 0. The Labute approximate surface area is 174 Å². The third-order valence-electron chi connectivity index (χ3n) is 4.18. The van der Waals surface area contributed by atoms with Gasteiger partial charge in [-0.3, -0.25) is 0 Å². The molecule has 150 valence electrons. The van der Waals surface area contributed by atoms with E-state index in [4.69, 9.17) is 21.1 Å². The van der Waals surface area contributed by atoms with E-state index in [-0.39, 0.29) is 12.4 Å². The number of rotatable bonds is 12. The zero-order valence-corrected chi connectivity index (χ0v) is 17.9. The van der Waals surface area contributed by atoms with Gasteiger partial charge in [0.25, 0.3) is 0 Å². The highest BCUT2D eigenvalue weighted by atomic mass is 35.5. The molecule has 0 saturated carbocycles. The lowest BCUT2D eigenvalue weighted by Gasteiger charge is -2.16. The van der Waals surface area contributed by atoms with Gasteiger partial charge in [-0.15, -0.1) is 12.4 Å². The van der Waals surface area contributed by atoms with Crippen LogP contribution in [0.2, 0.25) is 5.02 Å². The Kier molecular flexibility index (Phi) is 12.0. The predicted molar refractivity (Wildman–Crippen MR) is 116 cm³/mol. The summed E-state index contributed by atoms with van der Waals surface area (Å²) in [5, 5.41) is 4.26. The van der Waals surface area contributed by atoms with Crippen molar-refractivity contribution in [3.63, 3.8) is 0 Å². The number of benzene rings is 2. The summed E-state index contributed by atoms with van der Waals surface area (Å²) >= 11 is 5.95. The highest BCUT2D eigenvalue weighted by Gasteiger charge is 2.11. The first-order chi connectivity index (χ1) is 12.7. The Balaban J connectivity index is 0.00000364. The zero-order valence-electron chi connectivity index (χ0n) is 16.3. The minimum absolute atomic E-state index is 0. The van der Waals surface area contributed by atoms with Crippen LogP contribution < -0.4 is 14.8 Å². The van der Waals surface area contributed by atoms with Crippen molar-refractivity contribution in [2.45, 2.75) is 52.7 Å².